The highest BCUT2D eigenvalue weighted by Crippen LogP contribution is 2.43. The van der Waals surface area contributed by atoms with Gasteiger partial charge >= 0.3 is 12.1 Å². The largest absolute Gasteiger partial charge is 0.508 e. The Morgan fingerprint density at radius 1 is 1.11 bits per heavy atom. The van der Waals surface area contributed by atoms with E-state index < -0.39 is 50.1 Å². The van der Waals surface area contributed by atoms with E-state index in [4.69, 9.17) is 18.6 Å². The second kappa shape index (κ2) is 18.4. The number of aryl methyl sites for hydroxylation is 1. The Morgan fingerprint density at radius 3 is 2.48 bits per heavy atom. The van der Waals surface area contributed by atoms with E-state index in [9.17, 15) is 9.59 Å². The summed E-state index contributed by atoms with van der Waals surface area (Å²) < 4.78 is 26.0. The van der Waals surface area contributed by atoms with Crippen molar-refractivity contribution in [3.05, 3.63) is 89.0 Å². The number of nitrogens with zero attached hydrogens (tertiary/aromatic N) is 1. The van der Waals surface area contributed by atoms with Crippen LogP contribution in [0.25, 0.3) is 10.2 Å². The fourth-order valence-corrected chi connectivity index (χ4v) is 9.01. The zero-order valence-corrected chi connectivity index (χ0v) is 35.8. The number of hydrogen-bond acceptors (Lipinski definition) is 9. The number of esters is 1. The van der Waals surface area contributed by atoms with Gasteiger partial charge in [-0.05, 0) is 101 Å². The maximum absolute atomic E-state index is 15.1. The van der Waals surface area contributed by atoms with Crippen molar-refractivity contribution >= 4 is 47.8 Å². The molecule has 0 amide bonds. The summed E-state index contributed by atoms with van der Waals surface area (Å²) >= 11 is 1.62. The molecule has 4 rings (SSSR count). The van der Waals surface area contributed by atoms with Crippen molar-refractivity contribution in [2.24, 2.45) is 17.3 Å². The van der Waals surface area contributed by atoms with Crippen LogP contribution in [0.4, 0.5) is 4.79 Å². The molecule has 1 aromatic heterocycles. The Bertz CT molecular complexity index is 1790. The van der Waals surface area contributed by atoms with Gasteiger partial charge in [0.2, 0.25) is 0 Å². The van der Waals surface area contributed by atoms with Crippen LogP contribution in [0.15, 0.2) is 72.8 Å². The van der Waals surface area contributed by atoms with Crippen LogP contribution >= 0.6 is 11.3 Å². The van der Waals surface area contributed by atoms with Crippen molar-refractivity contribution in [2.45, 2.75) is 137 Å². The second-order valence-electron chi connectivity index (χ2n) is 17.0. The molecule has 1 aliphatic rings. The predicted molar refractivity (Wildman–Crippen MR) is 220 cm³/mol. The van der Waals surface area contributed by atoms with Crippen LogP contribution in [0.3, 0.4) is 0 Å². The Balaban J connectivity index is 1.76. The first-order valence-electron chi connectivity index (χ1n) is 19.2. The summed E-state index contributed by atoms with van der Waals surface area (Å²) in [4.78, 5) is 47.2. The molecule has 0 radical (unpaired) electrons. The van der Waals surface area contributed by atoms with Gasteiger partial charge in [0, 0.05) is 12.3 Å². The summed E-state index contributed by atoms with van der Waals surface area (Å²) in [7, 11) is -2.35. The summed E-state index contributed by atoms with van der Waals surface area (Å²) in [6.45, 7) is 24.8. The minimum atomic E-state index is -2.35. The number of benzene rings is 2. The van der Waals surface area contributed by atoms with Crippen LogP contribution < -0.4 is 0 Å². The zero-order valence-electron chi connectivity index (χ0n) is 34.0. The number of thiazole rings is 1. The van der Waals surface area contributed by atoms with Gasteiger partial charge in [-0.25, -0.2) is 9.78 Å². The van der Waals surface area contributed by atoms with Gasteiger partial charge in [0.05, 0.1) is 33.2 Å². The lowest BCUT2D eigenvalue weighted by Gasteiger charge is -2.45. The Labute approximate surface area is 327 Å². The molecule has 8 nitrogen and oxygen atoms in total. The molecule has 0 unspecified atom stereocenters. The molecule has 0 saturated carbocycles. The Hall–Kier alpha value is -3.60. The van der Waals surface area contributed by atoms with Crippen molar-refractivity contribution in [2.75, 3.05) is 0 Å². The van der Waals surface area contributed by atoms with E-state index in [1.54, 1.807) is 31.3 Å². The average molecular weight is 776 g/mol. The van der Waals surface area contributed by atoms with Crippen molar-refractivity contribution in [3.63, 3.8) is 0 Å². The number of ketones is 1. The normalized spacial score (nSPS) is 23.7. The molecule has 2 heterocycles. The molecule has 0 aliphatic carbocycles. The fourth-order valence-electron chi connectivity index (χ4n) is 6.78. The summed E-state index contributed by atoms with van der Waals surface area (Å²) in [6, 6.07) is 15.2. The zero-order chi connectivity index (χ0) is 39.8. The van der Waals surface area contributed by atoms with Crippen LogP contribution in [0.5, 0.6) is 0 Å². The number of carbonyl (C=O) groups excluding carboxylic acids is 3. The highest BCUT2D eigenvalue weighted by Gasteiger charge is 2.49. The van der Waals surface area contributed by atoms with Crippen molar-refractivity contribution < 1.29 is 33.0 Å². The molecule has 0 fully saturated rings. The number of carbonyl (C=O) groups is 3. The molecule has 0 bridgehead atoms. The summed E-state index contributed by atoms with van der Waals surface area (Å²) in [5, 5.41) is 0.871. The third-order valence-corrected chi connectivity index (χ3v) is 16.7. The maximum Gasteiger partial charge on any atom is 0.508 e. The monoisotopic (exact) mass is 775 g/mol. The maximum atomic E-state index is 15.1. The van der Waals surface area contributed by atoms with E-state index in [1.165, 1.54) is 5.57 Å². The fraction of sp³-hybridized carbons (Fsp3) is 0.545. The molecule has 294 valence electrons. The quantitative estimate of drug-likeness (QED) is 0.127. The summed E-state index contributed by atoms with van der Waals surface area (Å²) in [6.07, 6.45) is 3.89. The lowest BCUT2D eigenvalue weighted by atomic mass is 9.71. The molecular formula is C44H61NO7SSi. The van der Waals surface area contributed by atoms with Gasteiger partial charge in [0.25, 0.3) is 0 Å². The SMILES string of the molecule is C=CC[C@H]1C(=O)C(C)(C)[C@@H](OC(=O)OCc2ccccc2)CC(=O)O[C@H](c2ccc3sc(C)nc3c2)CC=C(C)CCC[C@H](C)[C@@H]1O[Si](C)(C)C(C)(C)C. The van der Waals surface area contributed by atoms with Crippen LogP contribution in [0.1, 0.15) is 109 Å². The number of Topliss-reactive ketones (excluding diaryl/α,β-unsaturated/α-hetero) is 1. The first-order chi connectivity index (χ1) is 25.3. The molecule has 0 spiro atoms. The van der Waals surface area contributed by atoms with Gasteiger partial charge in [0.1, 0.15) is 24.6 Å². The van der Waals surface area contributed by atoms with Gasteiger partial charge in [-0.3, -0.25) is 9.59 Å². The molecule has 0 saturated heterocycles. The minimum Gasteiger partial charge on any atom is -0.457 e. The van der Waals surface area contributed by atoms with Crippen molar-refractivity contribution in [1.82, 2.24) is 4.98 Å². The number of aromatic nitrogens is 1. The molecule has 54 heavy (non-hydrogen) atoms. The number of cyclic esters (lactones) is 1. The minimum absolute atomic E-state index is 0.0173. The molecule has 2 aromatic carbocycles. The molecule has 10 heteroatoms. The third-order valence-electron chi connectivity index (χ3n) is 11.3. The van der Waals surface area contributed by atoms with E-state index in [0.717, 1.165) is 45.6 Å². The first-order valence-corrected chi connectivity index (χ1v) is 23.0. The molecule has 5 atom stereocenters. The highest BCUT2D eigenvalue weighted by molar-refractivity contribution is 7.18. The number of fused-ring (bicyclic) bond motifs is 1. The van der Waals surface area contributed by atoms with E-state index in [0.29, 0.717) is 12.8 Å². The van der Waals surface area contributed by atoms with Crippen LogP contribution in [-0.4, -0.2) is 43.4 Å². The number of ether oxygens (including phenoxy) is 3. The van der Waals surface area contributed by atoms with E-state index in [1.807, 2.05) is 55.5 Å². The summed E-state index contributed by atoms with van der Waals surface area (Å²) in [5.74, 6) is -1.28. The molecule has 3 aromatic rings. The number of rotatable bonds is 8. The highest BCUT2D eigenvalue weighted by atomic mass is 32.1. The molecule has 1 aliphatic heterocycles. The van der Waals surface area contributed by atoms with E-state index >= 15 is 4.79 Å². The van der Waals surface area contributed by atoms with Crippen molar-refractivity contribution in [3.8, 4) is 0 Å². The van der Waals surface area contributed by atoms with E-state index in [-0.39, 0.29) is 29.8 Å². The smallest absolute Gasteiger partial charge is 0.457 e. The Morgan fingerprint density at radius 2 is 1.81 bits per heavy atom. The van der Waals surface area contributed by atoms with Gasteiger partial charge < -0.3 is 18.6 Å². The Kier molecular flexibility index (Phi) is 14.7. The van der Waals surface area contributed by atoms with Gasteiger partial charge in [-0.15, -0.1) is 17.9 Å². The van der Waals surface area contributed by atoms with Crippen LogP contribution in [0.2, 0.25) is 18.1 Å². The van der Waals surface area contributed by atoms with Gasteiger partial charge in [-0.1, -0.05) is 81.8 Å². The topological polar surface area (TPSA) is 101 Å². The lowest BCUT2D eigenvalue weighted by molar-refractivity contribution is -0.157. The first kappa shape index (κ1) is 43.1. The van der Waals surface area contributed by atoms with Crippen molar-refractivity contribution in [1.29, 1.82) is 0 Å². The lowest BCUT2D eigenvalue weighted by Crippen LogP contribution is -2.52. The predicted octanol–water partition coefficient (Wildman–Crippen LogP) is 11.6. The second-order valence-corrected chi connectivity index (χ2v) is 23.0. The molecular weight excluding hydrogens is 715 g/mol. The van der Waals surface area contributed by atoms with Crippen LogP contribution in [0, 0.1) is 24.2 Å². The van der Waals surface area contributed by atoms with Gasteiger partial charge in [0.15, 0.2) is 8.32 Å². The third kappa shape index (κ3) is 11.2. The number of hydrogen-bond donors (Lipinski definition) is 0. The molecule has 0 N–H and O–H groups in total. The average Bonchev–Trinajstić information content (AvgIpc) is 3.48. The summed E-state index contributed by atoms with van der Waals surface area (Å²) in [5.41, 5.74) is 2.33. The standard InChI is InChI=1S/C44H61NO7SSi/c1-12-17-34-40(52-54(10,11)43(5,6)7)30(3)19-16-18-29(2)22-24-36(33-23-25-37-35(26-33)45-31(4)53-37)50-39(46)27-38(44(8,9)41(34)47)51-42(48)49-28-32-20-14-13-15-21-32/h12-15,20-23,25-26,30,34,36,38,40H,1,16-19,24,27-28H2,2-11H3/t30-,34+,36-,38-,40-/m0/s1. The van der Waals surface area contributed by atoms with Gasteiger partial charge in [-0.2, -0.15) is 0 Å². The van der Waals surface area contributed by atoms with Crippen LogP contribution in [-0.2, 0) is 34.8 Å². The van der Waals surface area contributed by atoms with E-state index in [2.05, 4.69) is 65.4 Å². The number of allylic oxidation sites excluding steroid dienone is 2.